The van der Waals surface area contributed by atoms with Gasteiger partial charge in [-0.25, -0.2) is 8.42 Å². The number of H-pyrrole nitrogens is 1. The third-order valence-electron chi connectivity index (χ3n) is 3.96. The molecule has 0 saturated carbocycles. The molecule has 0 fully saturated rings. The highest BCUT2D eigenvalue weighted by Crippen LogP contribution is 2.28. The fourth-order valence-corrected chi connectivity index (χ4v) is 3.79. The molecule has 3 aromatic rings. The number of aromatic amines is 1. The summed E-state index contributed by atoms with van der Waals surface area (Å²) >= 11 is 0. The first-order chi connectivity index (χ1) is 11.8. The van der Waals surface area contributed by atoms with Crippen molar-refractivity contribution in [3.63, 3.8) is 0 Å². The largest absolute Gasteiger partial charge is 0.360 e. The number of hydrogen-bond acceptors (Lipinski definition) is 4. The van der Waals surface area contributed by atoms with Gasteiger partial charge in [0.25, 0.3) is 15.7 Å². The molecule has 2 aromatic carbocycles. The van der Waals surface area contributed by atoms with E-state index in [0.29, 0.717) is 17.1 Å². The summed E-state index contributed by atoms with van der Waals surface area (Å²) in [6.07, 6.45) is 1.33. The van der Waals surface area contributed by atoms with E-state index in [1.807, 2.05) is 12.1 Å². The summed E-state index contributed by atoms with van der Waals surface area (Å²) < 4.78 is 27.9. The summed E-state index contributed by atoms with van der Waals surface area (Å²) in [4.78, 5) is 13.2. The number of nitrogens with one attached hydrogen (secondary N) is 2. The molecular formula is C17H17N3O4S. The number of anilines is 1. The number of nitro groups is 1. The van der Waals surface area contributed by atoms with E-state index in [4.69, 9.17) is 0 Å². The van der Waals surface area contributed by atoms with Gasteiger partial charge in [0.15, 0.2) is 0 Å². The van der Waals surface area contributed by atoms with Crippen LogP contribution in [0.2, 0.25) is 0 Å². The zero-order chi connectivity index (χ0) is 18.2. The average Bonchev–Trinajstić information content (AvgIpc) is 2.98. The second-order valence-electron chi connectivity index (χ2n) is 6.02. The number of fused-ring (bicyclic) bond motifs is 1. The first kappa shape index (κ1) is 17.0. The Morgan fingerprint density at radius 3 is 2.40 bits per heavy atom. The lowest BCUT2D eigenvalue weighted by atomic mass is 10.0. The van der Waals surface area contributed by atoms with Crippen molar-refractivity contribution in [2.24, 2.45) is 0 Å². The van der Waals surface area contributed by atoms with Crippen LogP contribution in [0, 0.1) is 10.1 Å². The van der Waals surface area contributed by atoms with Crippen molar-refractivity contribution in [3.05, 3.63) is 64.3 Å². The highest BCUT2D eigenvalue weighted by Gasteiger charge is 2.21. The van der Waals surface area contributed by atoms with Gasteiger partial charge < -0.3 is 4.98 Å². The van der Waals surface area contributed by atoms with Crippen molar-refractivity contribution < 1.29 is 13.3 Å². The molecule has 0 saturated heterocycles. The predicted molar refractivity (Wildman–Crippen MR) is 96.3 cm³/mol. The Morgan fingerprint density at radius 1 is 1.12 bits per heavy atom. The monoisotopic (exact) mass is 359 g/mol. The van der Waals surface area contributed by atoms with E-state index in [1.165, 1.54) is 24.4 Å². The maximum absolute atomic E-state index is 12.7. The highest BCUT2D eigenvalue weighted by molar-refractivity contribution is 7.93. The zero-order valence-electron chi connectivity index (χ0n) is 13.7. The van der Waals surface area contributed by atoms with Gasteiger partial charge in [-0.05, 0) is 29.7 Å². The van der Waals surface area contributed by atoms with Gasteiger partial charge in [0.2, 0.25) is 0 Å². The minimum Gasteiger partial charge on any atom is -0.360 e. The standard InChI is InChI=1S/C17H17N3O4S/c1-11(2)12-3-5-13(6-4-12)19-25(23,24)17-10-18-16-8-7-14(20(21)22)9-15(16)17/h3-11,18-19H,1-2H3. The second-order valence-corrected chi connectivity index (χ2v) is 7.67. The van der Waals surface area contributed by atoms with Gasteiger partial charge in [0.05, 0.1) is 4.92 Å². The lowest BCUT2D eigenvalue weighted by Gasteiger charge is -2.09. The molecule has 130 valence electrons. The second kappa shape index (κ2) is 6.21. The molecule has 7 nitrogen and oxygen atoms in total. The van der Waals surface area contributed by atoms with E-state index in [1.54, 1.807) is 12.1 Å². The van der Waals surface area contributed by atoms with Crippen LogP contribution in [-0.4, -0.2) is 18.3 Å². The fourth-order valence-electron chi connectivity index (χ4n) is 2.57. The molecule has 1 heterocycles. The van der Waals surface area contributed by atoms with Crippen LogP contribution in [0.15, 0.2) is 53.6 Å². The van der Waals surface area contributed by atoms with Crippen molar-refractivity contribution in [2.75, 3.05) is 4.72 Å². The van der Waals surface area contributed by atoms with Crippen LogP contribution in [0.4, 0.5) is 11.4 Å². The van der Waals surface area contributed by atoms with Gasteiger partial charge in [0.1, 0.15) is 4.90 Å². The summed E-state index contributed by atoms with van der Waals surface area (Å²) in [5.74, 6) is 0.347. The Morgan fingerprint density at radius 2 is 1.80 bits per heavy atom. The number of non-ortho nitro benzene ring substituents is 1. The topological polar surface area (TPSA) is 105 Å². The van der Waals surface area contributed by atoms with Gasteiger partial charge in [-0.3, -0.25) is 14.8 Å². The molecule has 0 unspecified atom stereocenters. The van der Waals surface area contributed by atoms with Gasteiger partial charge in [-0.1, -0.05) is 26.0 Å². The minimum absolute atomic E-state index is 0.0286. The molecule has 0 amide bonds. The number of benzene rings is 2. The van der Waals surface area contributed by atoms with Gasteiger partial charge in [-0.15, -0.1) is 0 Å². The van der Waals surface area contributed by atoms with Crippen LogP contribution < -0.4 is 4.72 Å². The van der Waals surface area contributed by atoms with Crippen LogP contribution >= 0.6 is 0 Å². The molecule has 1 aromatic heterocycles. The molecule has 0 radical (unpaired) electrons. The number of aromatic nitrogens is 1. The number of hydrogen-bond donors (Lipinski definition) is 2. The molecule has 0 bridgehead atoms. The lowest BCUT2D eigenvalue weighted by Crippen LogP contribution is -2.12. The van der Waals surface area contributed by atoms with E-state index >= 15 is 0 Å². The van der Waals surface area contributed by atoms with Crippen molar-refractivity contribution in [2.45, 2.75) is 24.7 Å². The van der Waals surface area contributed by atoms with E-state index in [0.717, 1.165) is 5.56 Å². The molecule has 25 heavy (non-hydrogen) atoms. The lowest BCUT2D eigenvalue weighted by molar-refractivity contribution is -0.384. The van der Waals surface area contributed by atoms with Crippen molar-refractivity contribution in [1.29, 1.82) is 0 Å². The predicted octanol–water partition coefficient (Wildman–Crippen LogP) is 4.00. The summed E-state index contributed by atoms with van der Waals surface area (Å²) in [5, 5.41) is 11.2. The molecule has 0 aliphatic rings. The third kappa shape index (κ3) is 3.34. The Kier molecular flexibility index (Phi) is 4.22. The summed E-state index contributed by atoms with van der Waals surface area (Å²) in [7, 11) is -3.88. The smallest absolute Gasteiger partial charge is 0.270 e. The van der Waals surface area contributed by atoms with E-state index in [9.17, 15) is 18.5 Å². The number of nitro benzene ring substituents is 1. The molecule has 0 spiro atoms. The first-order valence-corrected chi connectivity index (χ1v) is 9.14. The van der Waals surface area contributed by atoms with E-state index < -0.39 is 14.9 Å². The summed E-state index contributed by atoms with van der Waals surface area (Å²) in [6, 6.07) is 11.2. The molecular weight excluding hydrogens is 342 g/mol. The fraction of sp³-hybridized carbons (Fsp3) is 0.176. The number of rotatable bonds is 5. The van der Waals surface area contributed by atoms with Crippen LogP contribution in [-0.2, 0) is 10.0 Å². The molecule has 2 N–H and O–H groups in total. The summed E-state index contributed by atoms with van der Waals surface area (Å²) in [6.45, 7) is 4.11. The van der Waals surface area contributed by atoms with E-state index in [-0.39, 0.29) is 16.0 Å². The Labute approximate surface area is 144 Å². The third-order valence-corrected chi connectivity index (χ3v) is 5.38. The average molecular weight is 359 g/mol. The normalized spacial score (nSPS) is 11.8. The molecule has 3 rings (SSSR count). The number of sulfonamides is 1. The zero-order valence-corrected chi connectivity index (χ0v) is 14.5. The van der Waals surface area contributed by atoms with Crippen LogP contribution in [0.5, 0.6) is 0 Å². The van der Waals surface area contributed by atoms with Gasteiger partial charge >= 0.3 is 0 Å². The Bertz CT molecular complexity index is 1040. The van der Waals surface area contributed by atoms with Crippen LogP contribution in [0.25, 0.3) is 10.9 Å². The highest BCUT2D eigenvalue weighted by atomic mass is 32.2. The molecule has 0 atom stereocenters. The maximum Gasteiger partial charge on any atom is 0.270 e. The Hall–Kier alpha value is -2.87. The van der Waals surface area contributed by atoms with Gasteiger partial charge in [0, 0.05) is 34.9 Å². The molecule has 8 heteroatoms. The van der Waals surface area contributed by atoms with Crippen LogP contribution in [0.1, 0.15) is 25.3 Å². The summed E-state index contributed by atoms with van der Waals surface area (Å²) in [5.41, 5.74) is 1.89. The van der Waals surface area contributed by atoms with E-state index in [2.05, 4.69) is 23.6 Å². The van der Waals surface area contributed by atoms with Crippen LogP contribution in [0.3, 0.4) is 0 Å². The van der Waals surface area contributed by atoms with Crippen molar-refractivity contribution >= 4 is 32.3 Å². The van der Waals surface area contributed by atoms with Gasteiger partial charge in [-0.2, -0.15) is 0 Å². The quantitative estimate of drug-likeness (QED) is 0.530. The first-order valence-electron chi connectivity index (χ1n) is 7.66. The Balaban J connectivity index is 1.98. The maximum atomic E-state index is 12.7. The molecule has 0 aliphatic carbocycles. The molecule has 0 aliphatic heterocycles. The van der Waals surface area contributed by atoms with Crippen molar-refractivity contribution in [3.8, 4) is 0 Å². The SMILES string of the molecule is CC(C)c1ccc(NS(=O)(=O)c2c[nH]c3ccc([N+](=O)[O-])cc23)cc1. The minimum atomic E-state index is -3.88. The van der Waals surface area contributed by atoms with Crippen molar-refractivity contribution in [1.82, 2.24) is 4.98 Å². The number of nitrogens with zero attached hydrogens (tertiary/aromatic N) is 1.